The van der Waals surface area contributed by atoms with Crippen molar-refractivity contribution in [2.24, 2.45) is 17.4 Å². The number of nitrogens with two attached hydrogens (primary N) is 2. The topological polar surface area (TPSA) is 78.3 Å². The summed E-state index contributed by atoms with van der Waals surface area (Å²) in [5.41, 5.74) is 10.2. The number of carbonyl (C=O) groups is 1. The van der Waals surface area contributed by atoms with Gasteiger partial charge in [0.15, 0.2) is 0 Å². The van der Waals surface area contributed by atoms with Crippen molar-refractivity contribution < 1.29 is 9.53 Å². The third-order valence-corrected chi connectivity index (χ3v) is 1.81. The molecule has 0 spiro atoms. The van der Waals surface area contributed by atoms with Gasteiger partial charge in [-0.2, -0.15) is 0 Å². The second-order valence-electron chi connectivity index (χ2n) is 2.63. The molecule has 0 aromatic heterocycles. The molecular formula is C6H12N2O2. The fourth-order valence-electron chi connectivity index (χ4n) is 1.13. The molecule has 4 N–H and O–H groups in total. The van der Waals surface area contributed by atoms with Crippen LogP contribution in [0.15, 0.2) is 0 Å². The van der Waals surface area contributed by atoms with E-state index in [1.807, 2.05) is 0 Å². The van der Waals surface area contributed by atoms with Crippen LogP contribution in [0, 0.1) is 5.92 Å². The molecular weight excluding hydrogens is 132 g/mol. The Morgan fingerprint density at radius 2 is 2.20 bits per heavy atom. The van der Waals surface area contributed by atoms with E-state index in [0.29, 0.717) is 12.5 Å². The summed E-state index contributed by atoms with van der Waals surface area (Å²) >= 11 is 0. The Morgan fingerprint density at radius 3 is 2.60 bits per heavy atom. The highest BCUT2D eigenvalue weighted by Crippen LogP contribution is 2.28. The normalized spacial score (nSPS) is 30.9. The van der Waals surface area contributed by atoms with Gasteiger partial charge in [-0.15, -0.1) is 0 Å². The largest absolute Gasteiger partial charge is 0.446 e. The Labute approximate surface area is 59.5 Å². The van der Waals surface area contributed by atoms with E-state index in [9.17, 15) is 4.79 Å². The maximum absolute atomic E-state index is 10.2. The van der Waals surface area contributed by atoms with Gasteiger partial charge in [-0.1, -0.05) is 0 Å². The molecule has 0 saturated heterocycles. The van der Waals surface area contributed by atoms with Gasteiger partial charge in [-0.3, -0.25) is 0 Å². The van der Waals surface area contributed by atoms with Gasteiger partial charge >= 0.3 is 6.09 Å². The van der Waals surface area contributed by atoms with Crippen LogP contribution in [0.5, 0.6) is 0 Å². The first-order valence-electron chi connectivity index (χ1n) is 3.38. The molecule has 1 amide bonds. The molecule has 0 aromatic rings. The van der Waals surface area contributed by atoms with Gasteiger partial charge in [-0.05, 0) is 25.3 Å². The standard InChI is InChI=1S/C6H12N2O2/c7-3-4-1-5(2-4)10-6(8)9/h4-5H,1-3,7H2,(H2,8,9). The van der Waals surface area contributed by atoms with Gasteiger partial charge in [0.25, 0.3) is 0 Å². The van der Waals surface area contributed by atoms with Crippen molar-refractivity contribution in [2.75, 3.05) is 6.54 Å². The van der Waals surface area contributed by atoms with Crippen LogP contribution in [-0.4, -0.2) is 18.7 Å². The second kappa shape index (κ2) is 2.88. The van der Waals surface area contributed by atoms with E-state index in [0.717, 1.165) is 12.8 Å². The van der Waals surface area contributed by atoms with Crippen LogP contribution in [0.2, 0.25) is 0 Å². The van der Waals surface area contributed by atoms with E-state index in [4.69, 9.17) is 16.2 Å². The number of hydrogen-bond donors (Lipinski definition) is 2. The first-order valence-corrected chi connectivity index (χ1v) is 3.38. The molecule has 58 valence electrons. The Morgan fingerprint density at radius 1 is 1.60 bits per heavy atom. The summed E-state index contributed by atoms with van der Waals surface area (Å²) < 4.78 is 4.70. The quantitative estimate of drug-likeness (QED) is 0.564. The van der Waals surface area contributed by atoms with Crippen molar-refractivity contribution in [3.63, 3.8) is 0 Å². The highest BCUT2D eigenvalue weighted by atomic mass is 16.6. The average molecular weight is 144 g/mol. The maximum atomic E-state index is 10.2. The van der Waals surface area contributed by atoms with Gasteiger partial charge in [-0.25, -0.2) is 4.79 Å². The Kier molecular flexibility index (Phi) is 2.11. The monoisotopic (exact) mass is 144 g/mol. The number of amides is 1. The van der Waals surface area contributed by atoms with Crippen molar-refractivity contribution in [1.82, 2.24) is 0 Å². The summed E-state index contributed by atoms with van der Waals surface area (Å²) in [4.78, 5) is 10.2. The molecule has 0 aliphatic heterocycles. The molecule has 0 unspecified atom stereocenters. The van der Waals surface area contributed by atoms with Crippen LogP contribution in [-0.2, 0) is 4.74 Å². The van der Waals surface area contributed by atoms with Crippen molar-refractivity contribution in [3.05, 3.63) is 0 Å². The summed E-state index contributed by atoms with van der Waals surface area (Å²) in [6.45, 7) is 0.679. The predicted molar refractivity (Wildman–Crippen MR) is 36.2 cm³/mol. The molecule has 1 rings (SSSR count). The molecule has 0 bridgehead atoms. The molecule has 0 heterocycles. The summed E-state index contributed by atoms with van der Waals surface area (Å²) in [5, 5.41) is 0. The first-order chi connectivity index (χ1) is 4.72. The molecule has 1 fully saturated rings. The number of ether oxygens (including phenoxy) is 1. The van der Waals surface area contributed by atoms with Crippen LogP contribution < -0.4 is 11.5 Å². The lowest BCUT2D eigenvalue weighted by atomic mass is 9.82. The molecule has 10 heavy (non-hydrogen) atoms. The minimum absolute atomic E-state index is 0.0334. The lowest BCUT2D eigenvalue weighted by Gasteiger charge is -2.32. The number of primary amides is 1. The van der Waals surface area contributed by atoms with Crippen LogP contribution in [0.1, 0.15) is 12.8 Å². The third-order valence-electron chi connectivity index (χ3n) is 1.81. The summed E-state index contributed by atoms with van der Waals surface area (Å²) in [7, 11) is 0. The molecule has 4 heteroatoms. The third kappa shape index (κ3) is 1.60. The SMILES string of the molecule is NCC1CC(OC(N)=O)C1. The molecule has 0 radical (unpaired) electrons. The lowest BCUT2D eigenvalue weighted by molar-refractivity contribution is 0.0253. The molecule has 0 aromatic carbocycles. The van der Waals surface area contributed by atoms with E-state index in [2.05, 4.69) is 0 Å². The predicted octanol–water partition coefficient (Wildman–Crippen LogP) is -0.181. The van der Waals surface area contributed by atoms with Crippen molar-refractivity contribution >= 4 is 6.09 Å². The molecule has 4 nitrogen and oxygen atoms in total. The van der Waals surface area contributed by atoms with Gasteiger partial charge in [0.1, 0.15) is 6.10 Å². The Bertz CT molecular complexity index is 132. The molecule has 1 saturated carbocycles. The van der Waals surface area contributed by atoms with Gasteiger partial charge in [0.05, 0.1) is 0 Å². The average Bonchev–Trinajstić information content (AvgIpc) is 1.76. The van der Waals surface area contributed by atoms with Crippen LogP contribution >= 0.6 is 0 Å². The van der Waals surface area contributed by atoms with Crippen LogP contribution in [0.3, 0.4) is 0 Å². The maximum Gasteiger partial charge on any atom is 0.404 e. The van der Waals surface area contributed by atoms with E-state index in [1.54, 1.807) is 0 Å². The zero-order valence-electron chi connectivity index (χ0n) is 5.75. The van der Waals surface area contributed by atoms with Gasteiger partial charge in [0, 0.05) is 0 Å². The van der Waals surface area contributed by atoms with E-state index in [-0.39, 0.29) is 6.10 Å². The highest BCUT2D eigenvalue weighted by Gasteiger charge is 2.30. The molecule has 0 atom stereocenters. The first kappa shape index (κ1) is 7.34. The zero-order valence-corrected chi connectivity index (χ0v) is 5.75. The minimum atomic E-state index is -0.680. The summed E-state index contributed by atoms with van der Waals surface area (Å²) in [6.07, 6.45) is 1.10. The van der Waals surface area contributed by atoms with Crippen molar-refractivity contribution in [2.45, 2.75) is 18.9 Å². The van der Waals surface area contributed by atoms with Crippen molar-refractivity contribution in [1.29, 1.82) is 0 Å². The van der Waals surface area contributed by atoms with Crippen LogP contribution in [0.25, 0.3) is 0 Å². The Balaban J connectivity index is 2.08. The highest BCUT2D eigenvalue weighted by molar-refractivity contribution is 5.64. The smallest absolute Gasteiger partial charge is 0.404 e. The number of rotatable bonds is 2. The fraction of sp³-hybridized carbons (Fsp3) is 0.833. The van der Waals surface area contributed by atoms with Gasteiger partial charge in [0.2, 0.25) is 0 Å². The number of carbonyl (C=O) groups excluding carboxylic acids is 1. The summed E-state index contributed by atoms with van der Waals surface area (Å²) in [5.74, 6) is 0.532. The second-order valence-corrected chi connectivity index (χ2v) is 2.63. The van der Waals surface area contributed by atoms with Crippen LogP contribution in [0.4, 0.5) is 4.79 Å². The molecule has 1 aliphatic rings. The fourth-order valence-corrected chi connectivity index (χ4v) is 1.13. The van der Waals surface area contributed by atoms with E-state index >= 15 is 0 Å². The van der Waals surface area contributed by atoms with Crippen molar-refractivity contribution in [3.8, 4) is 0 Å². The lowest BCUT2D eigenvalue weighted by Crippen LogP contribution is -2.38. The van der Waals surface area contributed by atoms with Gasteiger partial charge < -0.3 is 16.2 Å². The Hall–Kier alpha value is -0.770. The zero-order chi connectivity index (χ0) is 7.56. The minimum Gasteiger partial charge on any atom is -0.446 e. The molecule has 1 aliphatic carbocycles. The van der Waals surface area contributed by atoms with E-state index < -0.39 is 6.09 Å². The number of hydrogen-bond acceptors (Lipinski definition) is 3. The van der Waals surface area contributed by atoms with E-state index in [1.165, 1.54) is 0 Å². The summed E-state index contributed by atoms with van der Waals surface area (Å²) in [6, 6.07) is 0.